The van der Waals surface area contributed by atoms with Gasteiger partial charge in [-0.3, -0.25) is 20.4 Å². The highest BCUT2D eigenvalue weighted by molar-refractivity contribution is 6.04. The van der Waals surface area contributed by atoms with Gasteiger partial charge in [-0.1, -0.05) is 6.07 Å². The van der Waals surface area contributed by atoms with Crippen molar-refractivity contribution in [3.8, 4) is 0 Å². The number of nitrogens with zero attached hydrogens (tertiary/aromatic N) is 2. The maximum atomic E-state index is 14.4. The maximum absolute atomic E-state index is 14.4. The first-order valence-corrected chi connectivity index (χ1v) is 12.8. The number of halogens is 1. The molecule has 0 bridgehead atoms. The number of benzene rings is 2. The van der Waals surface area contributed by atoms with Crippen LogP contribution in [0.5, 0.6) is 0 Å². The number of anilines is 1. The van der Waals surface area contributed by atoms with Crippen LogP contribution in [0.4, 0.5) is 10.1 Å². The van der Waals surface area contributed by atoms with Crippen molar-refractivity contribution in [2.75, 3.05) is 31.5 Å². The van der Waals surface area contributed by atoms with E-state index in [-0.39, 0.29) is 23.7 Å². The number of carbonyl (C=O) groups excluding carboxylic acids is 2. The van der Waals surface area contributed by atoms with Gasteiger partial charge < -0.3 is 20.4 Å². The van der Waals surface area contributed by atoms with Crippen LogP contribution in [0, 0.1) is 19.7 Å². The van der Waals surface area contributed by atoms with Gasteiger partial charge in [0.1, 0.15) is 17.3 Å². The van der Waals surface area contributed by atoms with E-state index in [1.165, 1.54) is 6.07 Å². The zero-order chi connectivity index (χ0) is 26.1. The highest BCUT2D eigenvalue weighted by Crippen LogP contribution is 2.33. The molecule has 1 atom stereocenters. The lowest BCUT2D eigenvalue weighted by Gasteiger charge is -2.40. The first-order valence-electron chi connectivity index (χ1n) is 12.8. The molecule has 3 heterocycles. The summed E-state index contributed by atoms with van der Waals surface area (Å²) in [4.78, 5) is 29.7. The Morgan fingerprint density at radius 1 is 1.00 bits per heavy atom. The normalized spacial score (nSPS) is 17.8. The number of hydrogen-bond acceptors (Lipinski definition) is 6. The number of aryl methyl sites for hydroxylation is 1. The third-order valence-corrected chi connectivity index (χ3v) is 7.40. The Bertz CT molecular complexity index is 1280. The van der Waals surface area contributed by atoms with Crippen LogP contribution in [0.2, 0.25) is 0 Å². The van der Waals surface area contributed by atoms with E-state index in [1.54, 1.807) is 30.3 Å². The van der Waals surface area contributed by atoms with Gasteiger partial charge in [-0.05, 0) is 86.7 Å². The van der Waals surface area contributed by atoms with Gasteiger partial charge in [0, 0.05) is 37.4 Å². The summed E-state index contributed by atoms with van der Waals surface area (Å²) in [5.74, 6) is 0.266. The SMILES string of the molecule is Cc1ccc(F)c(C)c1C(C)N1CCNC2=C1C=C(C(=O)Nc1ccc(C(=O)N3CCCC3)cc1)NN2. The number of amides is 2. The third kappa shape index (κ3) is 4.85. The van der Waals surface area contributed by atoms with Crippen LogP contribution in [0.25, 0.3) is 0 Å². The van der Waals surface area contributed by atoms with E-state index in [9.17, 15) is 14.0 Å². The standard InChI is InChI=1S/C28H33FN6O2/c1-17-6-11-22(29)18(2)25(17)19(3)35-15-12-30-26-24(35)16-23(32-33-26)27(36)31-21-9-7-20(8-10-21)28(37)34-13-4-5-14-34/h6-11,16,19,30,32-33H,4-5,12-15H2,1-3H3,(H,31,36). The van der Waals surface area contributed by atoms with Gasteiger partial charge in [0.25, 0.3) is 11.8 Å². The molecule has 2 aromatic carbocycles. The minimum absolute atomic E-state index is 0.0264. The molecule has 8 nitrogen and oxygen atoms in total. The van der Waals surface area contributed by atoms with E-state index < -0.39 is 0 Å². The molecule has 194 valence electrons. The number of hydrogen-bond donors (Lipinski definition) is 4. The van der Waals surface area contributed by atoms with Crippen LogP contribution >= 0.6 is 0 Å². The smallest absolute Gasteiger partial charge is 0.273 e. The molecule has 1 unspecified atom stereocenters. The summed E-state index contributed by atoms with van der Waals surface area (Å²) in [5.41, 5.74) is 11.1. The van der Waals surface area contributed by atoms with Crippen molar-refractivity contribution in [2.24, 2.45) is 0 Å². The Balaban J connectivity index is 1.33. The van der Waals surface area contributed by atoms with Crippen molar-refractivity contribution in [3.63, 3.8) is 0 Å². The van der Waals surface area contributed by atoms with Gasteiger partial charge in [0.15, 0.2) is 0 Å². The van der Waals surface area contributed by atoms with Gasteiger partial charge in [-0.25, -0.2) is 4.39 Å². The van der Waals surface area contributed by atoms with Crippen LogP contribution in [0.15, 0.2) is 59.7 Å². The van der Waals surface area contributed by atoms with E-state index in [0.29, 0.717) is 35.6 Å². The van der Waals surface area contributed by atoms with Gasteiger partial charge in [0.2, 0.25) is 0 Å². The van der Waals surface area contributed by atoms with E-state index in [0.717, 1.165) is 48.6 Å². The van der Waals surface area contributed by atoms with E-state index >= 15 is 0 Å². The van der Waals surface area contributed by atoms with Crippen molar-refractivity contribution in [1.29, 1.82) is 0 Å². The number of nitrogens with one attached hydrogen (secondary N) is 4. The Kier molecular flexibility index (Phi) is 6.78. The minimum Gasteiger partial charge on any atom is -0.367 e. The molecule has 3 aliphatic heterocycles. The van der Waals surface area contributed by atoms with E-state index in [1.807, 2.05) is 24.8 Å². The molecule has 2 amide bonds. The molecular formula is C28H33FN6O2. The van der Waals surface area contributed by atoms with Crippen molar-refractivity contribution < 1.29 is 14.0 Å². The summed E-state index contributed by atoms with van der Waals surface area (Å²) in [6, 6.07) is 10.2. The molecule has 0 aliphatic carbocycles. The second kappa shape index (κ2) is 10.2. The average molecular weight is 505 g/mol. The van der Waals surface area contributed by atoms with Crippen LogP contribution in [0.3, 0.4) is 0 Å². The lowest BCUT2D eigenvalue weighted by Crippen LogP contribution is -2.51. The fourth-order valence-electron chi connectivity index (χ4n) is 5.38. The first-order chi connectivity index (χ1) is 17.8. The molecule has 0 spiro atoms. The third-order valence-electron chi connectivity index (χ3n) is 7.40. The Hall–Kier alpha value is -4.01. The zero-order valence-corrected chi connectivity index (χ0v) is 21.5. The second-order valence-corrected chi connectivity index (χ2v) is 9.80. The lowest BCUT2D eigenvalue weighted by molar-refractivity contribution is -0.113. The molecular weight excluding hydrogens is 471 g/mol. The summed E-state index contributed by atoms with van der Waals surface area (Å²) in [6.07, 6.45) is 3.89. The predicted octanol–water partition coefficient (Wildman–Crippen LogP) is 3.44. The van der Waals surface area contributed by atoms with Crippen molar-refractivity contribution >= 4 is 17.5 Å². The Labute approximate surface area is 216 Å². The van der Waals surface area contributed by atoms with Gasteiger partial charge >= 0.3 is 0 Å². The predicted molar refractivity (Wildman–Crippen MR) is 141 cm³/mol. The number of rotatable bonds is 5. The Morgan fingerprint density at radius 3 is 2.46 bits per heavy atom. The fraction of sp³-hybridized carbons (Fsp3) is 0.357. The molecule has 37 heavy (non-hydrogen) atoms. The largest absolute Gasteiger partial charge is 0.367 e. The summed E-state index contributed by atoms with van der Waals surface area (Å²) in [5, 5.41) is 6.22. The first kappa shape index (κ1) is 24.7. The highest BCUT2D eigenvalue weighted by atomic mass is 19.1. The molecule has 3 aliphatic rings. The number of carbonyl (C=O) groups is 2. The quantitative estimate of drug-likeness (QED) is 0.499. The summed E-state index contributed by atoms with van der Waals surface area (Å²) in [6.45, 7) is 8.87. The zero-order valence-electron chi connectivity index (χ0n) is 21.5. The molecule has 1 saturated heterocycles. The number of allylic oxidation sites excluding steroid dienone is 1. The Morgan fingerprint density at radius 2 is 1.73 bits per heavy atom. The van der Waals surface area contributed by atoms with Crippen LogP contribution < -0.4 is 21.5 Å². The van der Waals surface area contributed by atoms with Crippen LogP contribution in [-0.2, 0) is 4.79 Å². The van der Waals surface area contributed by atoms with Crippen molar-refractivity contribution in [1.82, 2.24) is 26.0 Å². The molecule has 5 rings (SSSR count). The molecule has 2 aromatic rings. The van der Waals surface area contributed by atoms with Crippen LogP contribution in [-0.4, -0.2) is 47.8 Å². The highest BCUT2D eigenvalue weighted by Gasteiger charge is 2.30. The summed E-state index contributed by atoms with van der Waals surface area (Å²) < 4.78 is 14.4. The number of likely N-dealkylation sites (tertiary alicyclic amines) is 1. The lowest BCUT2D eigenvalue weighted by atomic mass is 9.94. The van der Waals surface area contributed by atoms with Crippen molar-refractivity contribution in [3.05, 3.63) is 87.8 Å². The van der Waals surface area contributed by atoms with Gasteiger partial charge in [-0.15, -0.1) is 0 Å². The topological polar surface area (TPSA) is 88.7 Å². The second-order valence-electron chi connectivity index (χ2n) is 9.80. The average Bonchev–Trinajstić information content (AvgIpc) is 3.45. The summed E-state index contributed by atoms with van der Waals surface area (Å²) in [7, 11) is 0. The minimum atomic E-state index is -0.311. The van der Waals surface area contributed by atoms with E-state index in [4.69, 9.17) is 0 Å². The van der Waals surface area contributed by atoms with Crippen LogP contribution in [0.1, 0.15) is 52.9 Å². The molecule has 4 N–H and O–H groups in total. The monoisotopic (exact) mass is 504 g/mol. The molecule has 0 radical (unpaired) electrons. The van der Waals surface area contributed by atoms with Crippen molar-refractivity contribution in [2.45, 2.75) is 39.7 Å². The molecule has 0 aromatic heterocycles. The summed E-state index contributed by atoms with van der Waals surface area (Å²) >= 11 is 0. The molecule has 1 fully saturated rings. The fourth-order valence-corrected chi connectivity index (χ4v) is 5.38. The van der Waals surface area contributed by atoms with E-state index in [2.05, 4.69) is 33.3 Å². The van der Waals surface area contributed by atoms with Gasteiger partial charge in [0.05, 0.1) is 11.7 Å². The molecule has 9 heteroatoms. The molecule has 0 saturated carbocycles. The van der Waals surface area contributed by atoms with Gasteiger partial charge in [-0.2, -0.15) is 0 Å². The number of hydrazine groups is 1. The maximum Gasteiger partial charge on any atom is 0.273 e.